The topological polar surface area (TPSA) is 62.5 Å². The molecule has 25 heavy (non-hydrogen) atoms. The van der Waals surface area contributed by atoms with E-state index >= 15 is 0 Å². The number of rotatable bonds is 6. The minimum atomic E-state index is -0.391. The molecule has 0 radical (unpaired) electrons. The van der Waals surface area contributed by atoms with Crippen molar-refractivity contribution in [3.05, 3.63) is 77.8 Å². The average Bonchev–Trinajstić information content (AvgIpc) is 3.10. The summed E-state index contributed by atoms with van der Waals surface area (Å²) in [5.74, 6) is 0.00163. The number of amides is 1. The van der Waals surface area contributed by atoms with Gasteiger partial charge in [0.1, 0.15) is 17.3 Å². The third-order valence-corrected chi connectivity index (χ3v) is 3.83. The zero-order valence-corrected chi connectivity index (χ0v) is 13.5. The van der Waals surface area contributed by atoms with Gasteiger partial charge in [-0.1, -0.05) is 24.3 Å². The normalized spacial score (nSPS) is 10.6. The fourth-order valence-corrected chi connectivity index (χ4v) is 2.51. The molecule has 0 bridgehead atoms. The summed E-state index contributed by atoms with van der Waals surface area (Å²) in [5.41, 5.74) is 1.42. The highest BCUT2D eigenvalue weighted by Crippen LogP contribution is 2.24. The number of phenols is 1. The average molecular weight is 339 g/mol. The molecule has 3 rings (SSSR count). The Morgan fingerprint density at radius 1 is 1.04 bits per heavy atom. The largest absolute Gasteiger partial charge is 0.508 e. The van der Waals surface area contributed by atoms with Crippen LogP contribution in [0.3, 0.4) is 0 Å². The number of benzene rings is 2. The van der Waals surface area contributed by atoms with Crippen molar-refractivity contribution in [3.63, 3.8) is 0 Å². The van der Waals surface area contributed by atoms with Gasteiger partial charge in [-0.05, 0) is 54.8 Å². The maximum Gasteiger partial charge on any atom is 0.287 e. The predicted octanol–water partition coefficient (Wildman–Crippen LogP) is 4.15. The van der Waals surface area contributed by atoms with Crippen LogP contribution in [-0.2, 0) is 6.42 Å². The van der Waals surface area contributed by atoms with Crippen LogP contribution in [0.25, 0.3) is 11.3 Å². The van der Waals surface area contributed by atoms with Crippen LogP contribution in [0.2, 0.25) is 0 Å². The second-order valence-electron chi connectivity index (χ2n) is 5.67. The van der Waals surface area contributed by atoms with Crippen LogP contribution < -0.4 is 5.32 Å². The Balaban J connectivity index is 1.52. The number of phenolic OH excluding ortho intramolecular Hbond substituents is 1. The highest BCUT2D eigenvalue weighted by Gasteiger charge is 2.13. The van der Waals surface area contributed by atoms with E-state index < -0.39 is 5.82 Å². The van der Waals surface area contributed by atoms with E-state index in [0.29, 0.717) is 17.9 Å². The molecule has 1 aromatic heterocycles. The van der Waals surface area contributed by atoms with E-state index in [2.05, 4.69) is 5.32 Å². The first-order valence-corrected chi connectivity index (χ1v) is 8.04. The van der Waals surface area contributed by atoms with Crippen molar-refractivity contribution >= 4 is 5.91 Å². The standard InChI is InChI=1S/C20H18FNO3/c21-17-6-2-1-5-16(17)18-11-12-19(25-18)20(24)22-13-3-4-14-7-9-15(23)10-8-14/h1-2,5-12,23H,3-4,13H2,(H,22,24). The van der Waals surface area contributed by atoms with Crippen molar-refractivity contribution in [2.75, 3.05) is 6.54 Å². The summed E-state index contributed by atoms with van der Waals surface area (Å²) in [5, 5.41) is 12.0. The lowest BCUT2D eigenvalue weighted by Gasteiger charge is -2.04. The molecule has 5 heteroatoms. The number of carbonyl (C=O) groups is 1. The van der Waals surface area contributed by atoms with Crippen LogP contribution in [0.1, 0.15) is 22.5 Å². The predicted molar refractivity (Wildman–Crippen MR) is 92.9 cm³/mol. The van der Waals surface area contributed by atoms with Gasteiger partial charge in [-0.25, -0.2) is 4.39 Å². The maximum atomic E-state index is 13.7. The number of aryl methyl sites for hydroxylation is 1. The zero-order chi connectivity index (χ0) is 17.6. The van der Waals surface area contributed by atoms with Crippen molar-refractivity contribution in [2.45, 2.75) is 12.8 Å². The minimum Gasteiger partial charge on any atom is -0.508 e. The van der Waals surface area contributed by atoms with Gasteiger partial charge in [-0.2, -0.15) is 0 Å². The molecule has 1 heterocycles. The first kappa shape index (κ1) is 16.8. The van der Waals surface area contributed by atoms with Crippen LogP contribution in [0.5, 0.6) is 5.75 Å². The molecule has 0 aliphatic rings. The fourth-order valence-electron chi connectivity index (χ4n) is 2.51. The minimum absolute atomic E-state index is 0.155. The molecule has 128 valence electrons. The quantitative estimate of drug-likeness (QED) is 0.663. The Kier molecular flexibility index (Phi) is 5.14. The van der Waals surface area contributed by atoms with E-state index in [1.807, 2.05) is 12.1 Å². The molecule has 0 saturated heterocycles. The SMILES string of the molecule is O=C(NCCCc1ccc(O)cc1)c1ccc(-c2ccccc2F)o1. The van der Waals surface area contributed by atoms with Crippen molar-refractivity contribution in [1.82, 2.24) is 5.32 Å². The Morgan fingerprint density at radius 2 is 1.80 bits per heavy atom. The maximum absolute atomic E-state index is 13.7. The number of furan rings is 1. The summed E-state index contributed by atoms with van der Waals surface area (Å²) in [4.78, 5) is 12.1. The van der Waals surface area contributed by atoms with Gasteiger partial charge in [0.25, 0.3) is 5.91 Å². The summed E-state index contributed by atoms with van der Waals surface area (Å²) in [7, 11) is 0. The van der Waals surface area contributed by atoms with Gasteiger partial charge in [-0.15, -0.1) is 0 Å². The van der Waals surface area contributed by atoms with Crippen LogP contribution in [0, 0.1) is 5.82 Å². The summed E-state index contributed by atoms with van der Waals surface area (Å²) in [6.07, 6.45) is 1.55. The summed E-state index contributed by atoms with van der Waals surface area (Å²) in [6.45, 7) is 0.495. The van der Waals surface area contributed by atoms with Crippen LogP contribution in [-0.4, -0.2) is 17.6 Å². The van der Waals surface area contributed by atoms with Gasteiger partial charge in [0.2, 0.25) is 0 Å². The number of nitrogens with one attached hydrogen (secondary N) is 1. The van der Waals surface area contributed by atoms with Gasteiger partial charge >= 0.3 is 0 Å². The molecule has 0 atom stereocenters. The summed E-state index contributed by atoms with van der Waals surface area (Å²) >= 11 is 0. The van der Waals surface area contributed by atoms with Gasteiger partial charge in [-0.3, -0.25) is 4.79 Å². The monoisotopic (exact) mass is 339 g/mol. The lowest BCUT2D eigenvalue weighted by atomic mass is 10.1. The molecule has 0 aliphatic carbocycles. The summed E-state index contributed by atoms with van der Waals surface area (Å²) in [6, 6.07) is 16.4. The van der Waals surface area contributed by atoms with E-state index in [-0.39, 0.29) is 17.4 Å². The molecular formula is C20H18FNO3. The summed E-state index contributed by atoms with van der Waals surface area (Å²) < 4.78 is 19.2. The van der Waals surface area contributed by atoms with E-state index in [4.69, 9.17) is 4.42 Å². The number of hydrogen-bond acceptors (Lipinski definition) is 3. The molecule has 2 N–H and O–H groups in total. The molecule has 4 nitrogen and oxygen atoms in total. The smallest absolute Gasteiger partial charge is 0.287 e. The second kappa shape index (κ2) is 7.66. The van der Waals surface area contributed by atoms with E-state index in [1.54, 1.807) is 36.4 Å². The highest BCUT2D eigenvalue weighted by molar-refractivity contribution is 5.92. The molecule has 0 spiro atoms. The molecule has 2 aromatic carbocycles. The van der Waals surface area contributed by atoms with Crippen molar-refractivity contribution in [1.29, 1.82) is 0 Å². The van der Waals surface area contributed by atoms with Crippen molar-refractivity contribution in [2.24, 2.45) is 0 Å². The van der Waals surface area contributed by atoms with Gasteiger partial charge in [0, 0.05) is 6.54 Å². The zero-order valence-electron chi connectivity index (χ0n) is 13.5. The molecule has 3 aromatic rings. The molecule has 0 fully saturated rings. The third kappa shape index (κ3) is 4.26. The van der Waals surface area contributed by atoms with E-state index in [1.165, 1.54) is 12.1 Å². The lowest BCUT2D eigenvalue weighted by molar-refractivity contribution is 0.0926. The highest BCUT2D eigenvalue weighted by atomic mass is 19.1. The Hall–Kier alpha value is -3.08. The van der Waals surface area contributed by atoms with Crippen molar-refractivity contribution < 1.29 is 18.7 Å². The number of hydrogen-bond donors (Lipinski definition) is 2. The van der Waals surface area contributed by atoms with Crippen LogP contribution in [0.4, 0.5) is 4.39 Å². The molecular weight excluding hydrogens is 321 g/mol. The van der Waals surface area contributed by atoms with Crippen LogP contribution >= 0.6 is 0 Å². The fraction of sp³-hybridized carbons (Fsp3) is 0.150. The molecule has 1 amide bonds. The first-order chi connectivity index (χ1) is 12.1. The number of aromatic hydroxyl groups is 1. The third-order valence-electron chi connectivity index (χ3n) is 3.83. The van der Waals surface area contributed by atoms with Gasteiger partial charge in [0.05, 0.1) is 5.56 Å². The number of halogens is 1. The molecule has 0 saturated carbocycles. The number of carbonyl (C=O) groups excluding carboxylic acids is 1. The van der Waals surface area contributed by atoms with E-state index in [0.717, 1.165) is 18.4 Å². The molecule has 0 aliphatic heterocycles. The first-order valence-electron chi connectivity index (χ1n) is 8.04. The van der Waals surface area contributed by atoms with E-state index in [9.17, 15) is 14.3 Å². The Bertz CT molecular complexity index is 855. The van der Waals surface area contributed by atoms with Crippen molar-refractivity contribution in [3.8, 4) is 17.1 Å². The lowest BCUT2D eigenvalue weighted by Crippen LogP contribution is -2.24. The Morgan fingerprint density at radius 3 is 2.56 bits per heavy atom. The second-order valence-corrected chi connectivity index (χ2v) is 5.67. The van der Waals surface area contributed by atoms with Gasteiger partial charge < -0.3 is 14.8 Å². The Labute approximate surface area is 144 Å². The van der Waals surface area contributed by atoms with Crippen LogP contribution in [0.15, 0.2) is 65.1 Å². The molecule has 0 unspecified atom stereocenters. The van der Waals surface area contributed by atoms with Gasteiger partial charge in [0.15, 0.2) is 5.76 Å².